The number of benzene rings is 1. The van der Waals surface area contributed by atoms with Crippen LogP contribution in [0.3, 0.4) is 0 Å². The van der Waals surface area contributed by atoms with Crippen LogP contribution in [0.25, 0.3) is 11.0 Å². The first-order valence-corrected chi connectivity index (χ1v) is 6.94. The Morgan fingerprint density at radius 3 is 3.05 bits per heavy atom. The Bertz CT molecular complexity index is 812. The number of furan rings is 1. The van der Waals surface area contributed by atoms with Crippen molar-refractivity contribution < 1.29 is 9.21 Å². The molecule has 6 heteroatoms. The van der Waals surface area contributed by atoms with Crippen molar-refractivity contribution in [1.29, 1.82) is 0 Å². The first-order chi connectivity index (χ1) is 10.2. The van der Waals surface area contributed by atoms with Gasteiger partial charge in [-0.05, 0) is 30.3 Å². The molecule has 2 heterocycles. The predicted molar refractivity (Wildman–Crippen MR) is 83.2 cm³/mol. The van der Waals surface area contributed by atoms with E-state index in [2.05, 4.69) is 31.4 Å². The summed E-state index contributed by atoms with van der Waals surface area (Å²) < 4.78 is 6.40. The normalized spacial score (nSPS) is 11.1. The third kappa shape index (κ3) is 3.17. The Labute approximate surface area is 128 Å². The molecule has 0 atom stereocenters. The number of aromatic nitrogens is 1. The number of amides is 1. The van der Waals surface area contributed by atoms with Gasteiger partial charge in [0, 0.05) is 27.8 Å². The standard InChI is InChI=1S/C15H10BrN3O2/c16-12-3-4-13-11(6-12)7-14(21-13)15(20)19-18-9-10-2-1-5-17-8-10/h1-9H,(H,19,20)/b18-9+. The van der Waals surface area contributed by atoms with Crippen molar-refractivity contribution in [3.8, 4) is 0 Å². The summed E-state index contributed by atoms with van der Waals surface area (Å²) in [5.74, 6) is -0.186. The number of pyridine rings is 1. The summed E-state index contributed by atoms with van der Waals surface area (Å²) in [5, 5.41) is 4.72. The molecular weight excluding hydrogens is 334 g/mol. The molecule has 0 radical (unpaired) electrons. The Hall–Kier alpha value is -2.47. The van der Waals surface area contributed by atoms with E-state index in [0.29, 0.717) is 5.58 Å². The zero-order valence-corrected chi connectivity index (χ0v) is 12.4. The minimum Gasteiger partial charge on any atom is -0.451 e. The number of halogens is 1. The van der Waals surface area contributed by atoms with Crippen molar-refractivity contribution in [2.24, 2.45) is 5.10 Å². The second-order valence-corrected chi connectivity index (χ2v) is 5.19. The fourth-order valence-corrected chi connectivity index (χ4v) is 2.18. The molecule has 3 rings (SSSR count). The fourth-order valence-electron chi connectivity index (χ4n) is 1.80. The summed E-state index contributed by atoms with van der Waals surface area (Å²) in [6.07, 6.45) is 4.83. The predicted octanol–water partition coefficient (Wildman–Crippen LogP) is 3.35. The van der Waals surface area contributed by atoms with Gasteiger partial charge >= 0.3 is 5.91 Å². The van der Waals surface area contributed by atoms with E-state index in [0.717, 1.165) is 15.4 Å². The summed E-state index contributed by atoms with van der Waals surface area (Å²) in [6.45, 7) is 0. The van der Waals surface area contributed by atoms with E-state index in [-0.39, 0.29) is 5.76 Å². The summed E-state index contributed by atoms with van der Waals surface area (Å²) >= 11 is 3.37. The van der Waals surface area contributed by atoms with Gasteiger partial charge in [-0.2, -0.15) is 5.10 Å². The lowest BCUT2D eigenvalue weighted by atomic mass is 10.2. The van der Waals surface area contributed by atoms with Crippen LogP contribution >= 0.6 is 15.9 Å². The average molecular weight is 344 g/mol. The van der Waals surface area contributed by atoms with Crippen molar-refractivity contribution >= 4 is 39.0 Å². The number of rotatable bonds is 3. The molecule has 0 spiro atoms. The van der Waals surface area contributed by atoms with Crippen molar-refractivity contribution in [3.05, 3.63) is 64.6 Å². The first kappa shape index (κ1) is 13.5. The number of hydrazone groups is 1. The Balaban J connectivity index is 1.73. The molecule has 5 nitrogen and oxygen atoms in total. The minimum absolute atomic E-state index is 0.214. The lowest BCUT2D eigenvalue weighted by Crippen LogP contribution is -2.16. The Morgan fingerprint density at radius 2 is 2.24 bits per heavy atom. The van der Waals surface area contributed by atoms with Gasteiger partial charge in [0.2, 0.25) is 0 Å². The third-order valence-corrected chi connectivity index (χ3v) is 3.26. The van der Waals surface area contributed by atoms with E-state index in [1.165, 1.54) is 6.21 Å². The molecule has 0 fully saturated rings. The van der Waals surface area contributed by atoms with Gasteiger partial charge in [-0.15, -0.1) is 0 Å². The van der Waals surface area contributed by atoms with Gasteiger partial charge in [-0.25, -0.2) is 5.43 Å². The SMILES string of the molecule is O=C(N/N=C/c1cccnc1)c1cc2cc(Br)ccc2o1. The van der Waals surface area contributed by atoms with Crippen LogP contribution in [0.1, 0.15) is 16.1 Å². The van der Waals surface area contributed by atoms with Gasteiger partial charge in [0.15, 0.2) is 5.76 Å². The maximum Gasteiger partial charge on any atom is 0.307 e. The molecule has 0 bridgehead atoms. The molecular formula is C15H10BrN3O2. The van der Waals surface area contributed by atoms with Gasteiger partial charge in [0.05, 0.1) is 6.21 Å². The van der Waals surface area contributed by atoms with E-state index in [1.54, 1.807) is 30.6 Å². The highest BCUT2D eigenvalue weighted by Gasteiger charge is 2.11. The van der Waals surface area contributed by atoms with Crippen LogP contribution in [0, 0.1) is 0 Å². The third-order valence-electron chi connectivity index (χ3n) is 2.77. The zero-order valence-electron chi connectivity index (χ0n) is 10.8. The molecule has 0 aliphatic rings. The number of nitrogens with zero attached hydrogens (tertiary/aromatic N) is 2. The molecule has 104 valence electrons. The van der Waals surface area contributed by atoms with Crippen molar-refractivity contribution in [3.63, 3.8) is 0 Å². The second kappa shape index (κ2) is 5.88. The fraction of sp³-hybridized carbons (Fsp3) is 0. The molecule has 1 aromatic carbocycles. The second-order valence-electron chi connectivity index (χ2n) is 4.28. The van der Waals surface area contributed by atoms with Gasteiger partial charge in [-0.3, -0.25) is 9.78 Å². The largest absolute Gasteiger partial charge is 0.451 e. The average Bonchev–Trinajstić information content (AvgIpc) is 2.91. The topological polar surface area (TPSA) is 67.5 Å². The summed E-state index contributed by atoms with van der Waals surface area (Å²) in [7, 11) is 0. The molecule has 0 saturated heterocycles. The maximum atomic E-state index is 11.9. The molecule has 0 aliphatic carbocycles. The van der Waals surface area contributed by atoms with E-state index < -0.39 is 5.91 Å². The number of nitrogens with one attached hydrogen (secondary N) is 1. The Kier molecular flexibility index (Phi) is 3.79. The molecule has 0 aliphatic heterocycles. The molecule has 0 unspecified atom stereocenters. The number of carbonyl (C=O) groups excluding carboxylic acids is 1. The summed E-state index contributed by atoms with van der Waals surface area (Å²) in [4.78, 5) is 15.9. The molecule has 1 amide bonds. The number of hydrogen-bond acceptors (Lipinski definition) is 4. The van der Waals surface area contributed by atoms with Crippen LogP contribution in [0.5, 0.6) is 0 Å². The lowest BCUT2D eigenvalue weighted by molar-refractivity contribution is 0.0929. The highest BCUT2D eigenvalue weighted by Crippen LogP contribution is 2.23. The van der Waals surface area contributed by atoms with E-state index >= 15 is 0 Å². The Morgan fingerprint density at radius 1 is 1.33 bits per heavy atom. The number of carbonyl (C=O) groups is 1. The molecule has 1 N–H and O–H groups in total. The summed E-state index contributed by atoms with van der Waals surface area (Å²) in [5.41, 5.74) is 3.87. The summed E-state index contributed by atoms with van der Waals surface area (Å²) in [6, 6.07) is 10.8. The highest BCUT2D eigenvalue weighted by molar-refractivity contribution is 9.10. The highest BCUT2D eigenvalue weighted by atomic mass is 79.9. The molecule has 21 heavy (non-hydrogen) atoms. The van der Waals surface area contributed by atoms with Crippen molar-refractivity contribution in [2.45, 2.75) is 0 Å². The van der Waals surface area contributed by atoms with Crippen LogP contribution in [-0.4, -0.2) is 17.1 Å². The van der Waals surface area contributed by atoms with E-state index in [4.69, 9.17) is 4.42 Å². The van der Waals surface area contributed by atoms with Crippen LogP contribution < -0.4 is 5.43 Å². The molecule has 2 aromatic heterocycles. The van der Waals surface area contributed by atoms with Crippen LogP contribution in [0.15, 0.2) is 62.8 Å². The maximum absolute atomic E-state index is 11.9. The first-order valence-electron chi connectivity index (χ1n) is 6.15. The van der Waals surface area contributed by atoms with E-state index in [9.17, 15) is 4.79 Å². The van der Waals surface area contributed by atoms with E-state index in [1.807, 2.05) is 18.2 Å². The monoisotopic (exact) mass is 343 g/mol. The van der Waals surface area contributed by atoms with Crippen LogP contribution in [-0.2, 0) is 0 Å². The molecule has 0 saturated carbocycles. The number of fused-ring (bicyclic) bond motifs is 1. The lowest BCUT2D eigenvalue weighted by Gasteiger charge is -1.94. The zero-order chi connectivity index (χ0) is 14.7. The van der Waals surface area contributed by atoms with Gasteiger partial charge < -0.3 is 4.42 Å². The van der Waals surface area contributed by atoms with Crippen molar-refractivity contribution in [1.82, 2.24) is 10.4 Å². The molecule has 3 aromatic rings. The minimum atomic E-state index is -0.400. The smallest absolute Gasteiger partial charge is 0.307 e. The van der Waals surface area contributed by atoms with Gasteiger partial charge in [-0.1, -0.05) is 22.0 Å². The number of hydrogen-bond donors (Lipinski definition) is 1. The van der Waals surface area contributed by atoms with Crippen molar-refractivity contribution in [2.75, 3.05) is 0 Å². The van der Waals surface area contributed by atoms with Crippen LogP contribution in [0.2, 0.25) is 0 Å². The quantitative estimate of drug-likeness (QED) is 0.585. The van der Waals surface area contributed by atoms with Crippen LogP contribution in [0.4, 0.5) is 0 Å². The van der Waals surface area contributed by atoms with Gasteiger partial charge in [0.1, 0.15) is 5.58 Å². The van der Waals surface area contributed by atoms with Gasteiger partial charge in [0.25, 0.3) is 0 Å².